The summed E-state index contributed by atoms with van der Waals surface area (Å²) in [5.41, 5.74) is -1.15. The molecule has 0 N–H and O–H groups in total. The summed E-state index contributed by atoms with van der Waals surface area (Å²) in [4.78, 5) is 7.83. The first-order chi connectivity index (χ1) is 16.9. The predicted octanol–water partition coefficient (Wildman–Crippen LogP) is 8.14. The van der Waals surface area contributed by atoms with E-state index in [1.54, 1.807) is 33.3 Å². The predicted molar refractivity (Wildman–Crippen MR) is 146 cm³/mol. The number of piperidine rings is 1. The Bertz CT molecular complexity index is 1120. The van der Waals surface area contributed by atoms with Gasteiger partial charge >= 0.3 is 0 Å². The minimum atomic E-state index is -2.94. The van der Waals surface area contributed by atoms with Gasteiger partial charge < -0.3 is 4.74 Å². The molecule has 2 aromatic carbocycles. The van der Waals surface area contributed by atoms with Gasteiger partial charge in [-0.2, -0.15) is 8.78 Å². The van der Waals surface area contributed by atoms with Crippen molar-refractivity contribution in [1.82, 2.24) is 9.88 Å². The number of unbranched alkanes of at least 4 members (excludes halogenated alkanes) is 2. The maximum Gasteiger partial charge on any atom is 0.283 e. The lowest BCUT2D eigenvalue weighted by atomic mass is 10.1. The fourth-order valence-corrected chi connectivity index (χ4v) is 5.83. The molecule has 1 fully saturated rings. The number of hydrogen-bond donors (Lipinski definition) is 0. The lowest BCUT2D eigenvalue weighted by molar-refractivity contribution is 0.104. The smallest absolute Gasteiger partial charge is 0.283 e. The Morgan fingerprint density at radius 3 is 2.63 bits per heavy atom. The van der Waals surface area contributed by atoms with Crippen molar-refractivity contribution in [2.45, 2.75) is 55.6 Å². The first-order valence-corrected chi connectivity index (χ1v) is 14.2. The quantitative estimate of drug-likeness (QED) is 0.140. The van der Waals surface area contributed by atoms with Crippen LogP contribution in [0.2, 0.25) is 5.02 Å². The van der Waals surface area contributed by atoms with Gasteiger partial charge in [-0.3, -0.25) is 9.88 Å². The monoisotopic (exact) mass is 536 g/mol. The van der Waals surface area contributed by atoms with Crippen LogP contribution in [0.1, 0.15) is 49.7 Å². The number of alkyl halides is 2. The summed E-state index contributed by atoms with van der Waals surface area (Å²) < 4.78 is 33.1. The zero-order valence-corrected chi connectivity index (χ0v) is 22.5. The van der Waals surface area contributed by atoms with Gasteiger partial charge in [0.15, 0.2) is 0 Å². The van der Waals surface area contributed by atoms with Crippen LogP contribution in [-0.4, -0.2) is 35.3 Å². The molecule has 188 valence electrons. The van der Waals surface area contributed by atoms with Crippen molar-refractivity contribution >= 4 is 43.5 Å². The molecule has 1 unspecified atom stereocenters. The summed E-state index contributed by atoms with van der Waals surface area (Å²) in [6.45, 7) is 3.93. The number of thioether (sulfide) groups is 1. The van der Waals surface area contributed by atoms with E-state index in [1.807, 2.05) is 18.2 Å². The molecule has 0 radical (unpaired) electrons. The molecule has 0 spiro atoms. The molecule has 1 saturated heterocycles. The molecule has 1 atom stereocenters. The van der Waals surface area contributed by atoms with Crippen LogP contribution < -0.4 is 4.74 Å². The molecular formula is C27H32ClF2N2OPS. The summed E-state index contributed by atoms with van der Waals surface area (Å²) in [5, 5.41) is 1.60. The van der Waals surface area contributed by atoms with Gasteiger partial charge in [0.2, 0.25) is 0 Å². The van der Waals surface area contributed by atoms with Crippen molar-refractivity contribution < 1.29 is 13.5 Å². The van der Waals surface area contributed by atoms with E-state index in [9.17, 15) is 8.78 Å². The van der Waals surface area contributed by atoms with Crippen LogP contribution in [0.5, 0.6) is 5.75 Å². The largest absolute Gasteiger partial charge is 0.492 e. The third-order valence-electron chi connectivity index (χ3n) is 6.24. The minimum absolute atomic E-state index is 0.0404. The lowest BCUT2D eigenvalue weighted by Gasteiger charge is -2.26. The van der Waals surface area contributed by atoms with Crippen LogP contribution in [0.25, 0.3) is 10.9 Å². The number of benzene rings is 2. The molecule has 8 heteroatoms. The highest BCUT2D eigenvalue weighted by Crippen LogP contribution is 2.37. The van der Waals surface area contributed by atoms with E-state index < -0.39 is 5.66 Å². The van der Waals surface area contributed by atoms with Crippen molar-refractivity contribution in [3.63, 3.8) is 0 Å². The van der Waals surface area contributed by atoms with E-state index >= 15 is 0 Å². The standard InChI is InChI=1S/C27H32ClF2N2OPS/c28-23-17-20(19-32-13-3-1-4-14-32)7-10-25(23)33-15-5-2-6-16-35-26-11-12-31-24-18-21(27(29,30)34)8-9-22(24)26/h7-12,17-18H,1-6,13-16,19,34H2. The van der Waals surface area contributed by atoms with Crippen LogP contribution >= 0.6 is 32.6 Å². The second-order valence-electron chi connectivity index (χ2n) is 9.02. The molecule has 3 aromatic rings. The normalized spacial score (nSPS) is 15.0. The molecule has 0 saturated carbocycles. The molecule has 1 aromatic heterocycles. The SMILES string of the molecule is FC(F)(P)c1ccc2c(SCCCCCOc3ccc(CN4CCCCC4)cc3Cl)ccnc2c1. The maximum atomic E-state index is 13.6. The summed E-state index contributed by atoms with van der Waals surface area (Å²) in [5.74, 6) is 1.70. The number of hydrogen-bond acceptors (Lipinski definition) is 4. The molecule has 2 heterocycles. The second-order valence-corrected chi connectivity index (χ2v) is 11.3. The third kappa shape index (κ3) is 7.76. The highest BCUT2D eigenvalue weighted by Gasteiger charge is 2.24. The summed E-state index contributed by atoms with van der Waals surface area (Å²) in [6, 6.07) is 12.8. The second kappa shape index (κ2) is 12.7. The van der Waals surface area contributed by atoms with E-state index in [0.29, 0.717) is 17.1 Å². The van der Waals surface area contributed by atoms with Crippen molar-refractivity contribution in [1.29, 1.82) is 0 Å². The lowest BCUT2D eigenvalue weighted by Crippen LogP contribution is -2.29. The Labute approximate surface area is 218 Å². The van der Waals surface area contributed by atoms with Crippen molar-refractivity contribution in [3.8, 4) is 5.75 Å². The van der Waals surface area contributed by atoms with E-state index in [4.69, 9.17) is 16.3 Å². The van der Waals surface area contributed by atoms with Crippen LogP contribution in [0.3, 0.4) is 0 Å². The molecule has 35 heavy (non-hydrogen) atoms. The van der Waals surface area contributed by atoms with Crippen LogP contribution in [0.4, 0.5) is 8.78 Å². The van der Waals surface area contributed by atoms with Gasteiger partial charge in [0.1, 0.15) is 5.75 Å². The number of halogens is 3. The van der Waals surface area contributed by atoms with E-state index in [1.165, 1.54) is 50.0 Å². The minimum Gasteiger partial charge on any atom is -0.492 e. The molecular weight excluding hydrogens is 505 g/mol. The number of fused-ring (bicyclic) bond motifs is 1. The van der Waals surface area contributed by atoms with E-state index in [0.717, 1.165) is 47.6 Å². The maximum absolute atomic E-state index is 13.6. The van der Waals surface area contributed by atoms with Gasteiger partial charge in [-0.15, -0.1) is 11.8 Å². The first kappa shape index (κ1) is 26.6. The number of nitrogens with zero attached hydrogens (tertiary/aromatic N) is 2. The molecule has 1 aliphatic heterocycles. The molecule has 3 nitrogen and oxygen atoms in total. The Morgan fingerprint density at radius 2 is 1.86 bits per heavy atom. The summed E-state index contributed by atoms with van der Waals surface area (Å²) >= 11 is 8.20. The number of pyridine rings is 1. The third-order valence-corrected chi connectivity index (χ3v) is 8.03. The zero-order valence-electron chi connectivity index (χ0n) is 19.8. The van der Waals surface area contributed by atoms with Crippen LogP contribution in [0, 0.1) is 0 Å². The van der Waals surface area contributed by atoms with Gasteiger partial charge in [0, 0.05) is 28.6 Å². The number of ether oxygens (including phenoxy) is 1. The Kier molecular flexibility index (Phi) is 9.63. The highest BCUT2D eigenvalue weighted by molar-refractivity contribution is 7.99. The molecule has 1 aliphatic rings. The van der Waals surface area contributed by atoms with Crippen molar-refractivity contribution in [2.75, 3.05) is 25.4 Å². The fourth-order valence-electron chi connectivity index (χ4n) is 4.34. The van der Waals surface area contributed by atoms with E-state index in [2.05, 4.69) is 16.0 Å². The zero-order chi connectivity index (χ0) is 24.7. The molecule has 0 amide bonds. The molecule has 0 aliphatic carbocycles. The Hall–Kier alpha value is -1.46. The first-order valence-electron chi connectivity index (χ1n) is 12.2. The van der Waals surface area contributed by atoms with Crippen LogP contribution in [0.15, 0.2) is 53.6 Å². The molecule has 4 rings (SSSR count). The van der Waals surface area contributed by atoms with Gasteiger partial charge in [-0.05, 0) is 80.8 Å². The number of rotatable bonds is 11. The average molecular weight is 537 g/mol. The number of likely N-dealkylation sites (tertiary alicyclic amines) is 1. The van der Waals surface area contributed by atoms with Crippen molar-refractivity contribution in [3.05, 3.63) is 64.8 Å². The highest BCUT2D eigenvalue weighted by atomic mass is 35.5. The summed E-state index contributed by atoms with van der Waals surface area (Å²) in [6.07, 6.45) is 8.64. The number of aromatic nitrogens is 1. The topological polar surface area (TPSA) is 25.4 Å². The van der Waals surface area contributed by atoms with Gasteiger partial charge in [-0.1, -0.05) is 45.5 Å². The van der Waals surface area contributed by atoms with Crippen molar-refractivity contribution in [2.24, 2.45) is 0 Å². The Balaban J connectivity index is 1.17. The van der Waals surface area contributed by atoms with Gasteiger partial charge in [0.05, 0.1) is 17.1 Å². The summed E-state index contributed by atoms with van der Waals surface area (Å²) in [7, 11) is 1.58. The van der Waals surface area contributed by atoms with E-state index in [-0.39, 0.29) is 5.56 Å². The fraction of sp³-hybridized carbons (Fsp3) is 0.444. The average Bonchev–Trinajstić information content (AvgIpc) is 2.84. The molecule has 0 bridgehead atoms. The van der Waals surface area contributed by atoms with Gasteiger partial charge in [-0.25, -0.2) is 0 Å². The van der Waals surface area contributed by atoms with Gasteiger partial charge in [0.25, 0.3) is 5.66 Å². The van der Waals surface area contributed by atoms with Crippen LogP contribution in [-0.2, 0) is 12.2 Å². The Morgan fingerprint density at radius 1 is 1.03 bits per heavy atom.